The van der Waals surface area contributed by atoms with Gasteiger partial charge in [0, 0.05) is 19.5 Å². The quantitative estimate of drug-likeness (QED) is 0.648. The van der Waals surface area contributed by atoms with E-state index in [0.29, 0.717) is 6.54 Å². The van der Waals surface area contributed by atoms with E-state index in [2.05, 4.69) is 4.90 Å². The van der Waals surface area contributed by atoms with Gasteiger partial charge in [0.05, 0.1) is 12.0 Å². The van der Waals surface area contributed by atoms with Crippen LogP contribution in [0.25, 0.3) is 0 Å². The smallest absolute Gasteiger partial charge is 0.326 e. The molecule has 0 bridgehead atoms. The first-order valence-electron chi connectivity index (χ1n) is 5.89. The van der Waals surface area contributed by atoms with Gasteiger partial charge in [-0.25, -0.2) is 4.79 Å². The van der Waals surface area contributed by atoms with E-state index in [9.17, 15) is 14.7 Å². The Kier molecular flexibility index (Phi) is 3.35. The summed E-state index contributed by atoms with van der Waals surface area (Å²) in [7, 11) is 1.95. The Hall–Kier alpha value is -1.14. The molecule has 0 aromatic heterocycles. The van der Waals surface area contributed by atoms with E-state index in [4.69, 9.17) is 5.11 Å². The zero-order chi connectivity index (χ0) is 12.6. The summed E-state index contributed by atoms with van der Waals surface area (Å²) in [4.78, 5) is 26.6. The summed E-state index contributed by atoms with van der Waals surface area (Å²) < 4.78 is 0. The van der Waals surface area contributed by atoms with Crippen LogP contribution in [0.4, 0.5) is 0 Å². The van der Waals surface area contributed by atoms with Crippen LogP contribution in [0.15, 0.2) is 0 Å². The van der Waals surface area contributed by atoms with Crippen LogP contribution in [0.2, 0.25) is 0 Å². The Balaban J connectivity index is 2.05. The Bertz CT molecular complexity index is 333. The van der Waals surface area contributed by atoms with Crippen molar-refractivity contribution in [2.75, 3.05) is 26.7 Å². The topological polar surface area (TPSA) is 81.1 Å². The van der Waals surface area contributed by atoms with Crippen LogP contribution >= 0.6 is 0 Å². The molecule has 0 aliphatic carbocycles. The van der Waals surface area contributed by atoms with Crippen molar-refractivity contribution >= 4 is 11.9 Å². The molecule has 0 aromatic rings. The Morgan fingerprint density at radius 1 is 1.29 bits per heavy atom. The number of carboxylic acids is 1. The highest BCUT2D eigenvalue weighted by Gasteiger charge is 2.42. The second kappa shape index (κ2) is 4.62. The third kappa shape index (κ3) is 2.42. The molecular weight excluding hydrogens is 224 g/mol. The largest absolute Gasteiger partial charge is 0.480 e. The maximum Gasteiger partial charge on any atom is 0.326 e. The van der Waals surface area contributed by atoms with Gasteiger partial charge in [0.15, 0.2) is 0 Å². The maximum atomic E-state index is 12.2. The number of rotatable bonds is 2. The van der Waals surface area contributed by atoms with Crippen molar-refractivity contribution in [3.8, 4) is 0 Å². The number of hydrogen-bond donors (Lipinski definition) is 2. The number of nitrogens with zero attached hydrogens (tertiary/aromatic N) is 2. The van der Waals surface area contributed by atoms with Crippen LogP contribution in [-0.4, -0.2) is 70.7 Å². The molecule has 2 aliphatic rings. The van der Waals surface area contributed by atoms with Gasteiger partial charge in [0.1, 0.15) is 6.04 Å². The first-order chi connectivity index (χ1) is 7.99. The molecule has 0 aromatic carbocycles. The number of likely N-dealkylation sites (tertiary alicyclic amines) is 2. The van der Waals surface area contributed by atoms with Gasteiger partial charge in [0.25, 0.3) is 0 Å². The summed E-state index contributed by atoms with van der Waals surface area (Å²) in [6.45, 7) is 1.69. The van der Waals surface area contributed by atoms with Crippen LogP contribution in [0.5, 0.6) is 0 Å². The van der Waals surface area contributed by atoms with E-state index in [1.807, 2.05) is 7.05 Å². The lowest BCUT2D eigenvalue weighted by molar-refractivity contribution is -0.149. The second-order valence-corrected chi connectivity index (χ2v) is 4.98. The van der Waals surface area contributed by atoms with Crippen LogP contribution in [-0.2, 0) is 9.59 Å². The van der Waals surface area contributed by atoms with E-state index in [1.165, 1.54) is 4.90 Å². The lowest BCUT2D eigenvalue weighted by Gasteiger charge is -2.24. The van der Waals surface area contributed by atoms with E-state index in [1.54, 1.807) is 0 Å². The van der Waals surface area contributed by atoms with Gasteiger partial charge in [-0.3, -0.25) is 4.79 Å². The fraction of sp³-hybridized carbons (Fsp3) is 0.818. The molecule has 3 atom stereocenters. The summed E-state index contributed by atoms with van der Waals surface area (Å²) in [5.41, 5.74) is 0. The van der Waals surface area contributed by atoms with E-state index < -0.39 is 18.1 Å². The molecule has 2 fully saturated rings. The highest BCUT2D eigenvalue weighted by atomic mass is 16.4. The van der Waals surface area contributed by atoms with Gasteiger partial charge in [-0.2, -0.15) is 0 Å². The van der Waals surface area contributed by atoms with Crippen molar-refractivity contribution in [2.45, 2.75) is 25.0 Å². The average Bonchev–Trinajstić information content (AvgIpc) is 2.83. The highest BCUT2D eigenvalue weighted by Crippen LogP contribution is 2.24. The molecule has 2 aliphatic heterocycles. The van der Waals surface area contributed by atoms with Crippen LogP contribution in [0, 0.1) is 5.92 Å². The minimum absolute atomic E-state index is 0.118. The second-order valence-electron chi connectivity index (χ2n) is 4.98. The minimum Gasteiger partial charge on any atom is -0.480 e. The van der Waals surface area contributed by atoms with Crippen molar-refractivity contribution in [1.29, 1.82) is 0 Å². The number of carbonyl (C=O) groups excluding carboxylic acids is 1. The lowest BCUT2D eigenvalue weighted by atomic mass is 10.1. The first kappa shape index (κ1) is 12.3. The summed E-state index contributed by atoms with van der Waals surface area (Å²) in [5.74, 6) is -1.27. The lowest BCUT2D eigenvalue weighted by Crippen LogP contribution is -2.44. The number of aliphatic hydroxyl groups excluding tert-OH is 1. The number of carboxylic acid groups (broad SMARTS) is 1. The molecule has 0 saturated carbocycles. The van der Waals surface area contributed by atoms with Crippen molar-refractivity contribution in [3.05, 3.63) is 0 Å². The minimum atomic E-state index is -1.03. The van der Waals surface area contributed by atoms with Gasteiger partial charge < -0.3 is 20.0 Å². The molecule has 0 radical (unpaired) electrons. The van der Waals surface area contributed by atoms with Gasteiger partial charge >= 0.3 is 5.97 Å². The van der Waals surface area contributed by atoms with Crippen molar-refractivity contribution in [3.63, 3.8) is 0 Å². The zero-order valence-corrected chi connectivity index (χ0v) is 9.87. The zero-order valence-electron chi connectivity index (χ0n) is 9.87. The van der Waals surface area contributed by atoms with Gasteiger partial charge in [0.2, 0.25) is 5.91 Å². The normalized spacial score (nSPS) is 34.2. The predicted octanol–water partition coefficient (Wildman–Crippen LogP) is -1.02. The van der Waals surface area contributed by atoms with E-state index >= 15 is 0 Å². The van der Waals surface area contributed by atoms with Crippen molar-refractivity contribution < 1.29 is 19.8 Å². The molecule has 6 heteroatoms. The van der Waals surface area contributed by atoms with Gasteiger partial charge in [-0.05, 0) is 20.0 Å². The molecular formula is C11H18N2O4. The fourth-order valence-electron chi connectivity index (χ4n) is 2.66. The number of hydrogen-bond acceptors (Lipinski definition) is 4. The number of aliphatic hydroxyl groups is 1. The summed E-state index contributed by atoms with van der Waals surface area (Å²) in [6, 6.07) is -0.858. The average molecular weight is 242 g/mol. The predicted molar refractivity (Wildman–Crippen MR) is 59.4 cm³/mol. The molecule has 1 unspecified atom stereocenters. The van der Waals surface area contributed by atoms with Gasteiger partial charge in [-0.1, -0.05) is 0 Å². The SMILES string of the molecule is CN1CCC(C(=O)N2C[C@H](O)C[C@H]2C(=O)O)C1. The van der Waals surface area contributed by atoms with Crippen molar-refractivity contribution in [1.82, 2.24) is 9.80 Å². The van der Waals surface area contributed by atoms with Crippen LogP contribution in [0.3, 0.4) is 0 Å². The first-order valence-corrected chi connectivity index (χ1v) is 5.89. The van der Waals surface area contributed by atoms with Crippen LogP contribution < -0.4 is 0 Å². The maximum absolute atomic E-state index is 12.2. The van der Waals surface area contributed by atoms with Gasteiger partial charge in [-0.15, -0.1) is 0 Å². The summed E-state index contributed by atoms with van der Waals surface area (Å²) in [5, 5.41) is 18.5. The third-order valence-corrected chi connectivity index (χ3v) is 3.59. The van der Waals surface area contributed by atoms with Crippen molar-refractivity contribution in [2.24, 2.45) is 5.92 Å². The molecule has 2 saturated heterocycles. The van der Waals surface area contributed by atoms with Crippen LogP contribution in [0.1, 0.15) is 12.8 Å². The Labute approximate surface area is 99.8 Å². The number of carbonyl (C=O) groups is 2. The van der Waals surface area contributed by atoms with E-state index in [-0.39, 0.29) is 24.8 Å². The number of amides is 1. The Morgan fingerprint density at radius 3 is 2.53 bits per heavy atom. The monoisotopic (exact) mass is 242 g/mol. The fourth-order valence-corrected chi connectivity index (χ4v) is 2.66. The number of aliphatic carboxylic acids is 1. The summed E-state index contributed by atoms with van der Waals surface area (Å²) >= 11 is 0. The molecule has 6 nitrogen and oxygen atoms in total. The van der Waals surface area contributed by atoms with E-state index in [0.717, 1.165) is 13.0 Å². The molecule has 1 amide bonds. The molecule has 0 spiro atoms. The Morgan fingerprint density at radius 2 is 2.00 bits per heavy atom. The molecule has 96 valence electrons. The standard InChI is InChI=1S/C11H18N2O4/c1-12-3-2-7(5-12)10(15)13-6-8(14)4-9(13)11(16)17/h7-9,14H,2-6H2,1H3,(H,16,17)/t7?,8-,9+/m1/s1. The molecule has 2 heterocycles. The number of β-amino-alcohol motifs (C(OH)–C–C–N with tert-alkyl or cyclic N) is 1. The molecule has 17 heavy (non-hydrogen) atoms. The third-order valence-electron chi connectivity index (χ3n) is 3.59. The molecule has 2 rings (SSSR count). The highest BCUT2D eigenvalue weighted by molar-refractivity contribution is 5.86. The molecule has 2 N–H and O–H groups in total. The summed E-state index contributed by atoms with van der Waals surface area (Å²) in [6.07, 6.45) is 0.205.